The zero-order valence-corrected chi connectivity index (χ0v) is 38.8. The summed E-state index contributed by atoms with van der Waals surface area (Å²) in [5.74, 6) is -0.434. The maximum atomic E-state index is 13.4. The van der Waals surface area contributed by atoms with Crippen molar-refractivity contribution in [1.82, 2.24) is 19.6 Å². The molecule has 4 aliphatic heterocycles. The fraction of sp³-hybridized carbons (Fsp3) is 0.347. The van der Waals surface area contributed by atoms with Crippen LogP contribution in [0, 0.1) is 11.8 Å². The molecular weight excluding hydrogens is 909 g/mol. The second-order valence-electron chi connectivity index (χ2n) is 17.1. The minimum atomic E-state index is -3.63. The van der Waals surface area contributed by atoms with Crippen LogP contribution >= 0.6 is 0 Å². The van der Waals surface area contributed by atoms with Crippen LogP contribution in [0.4, 0.5) is 34.4 Å². The van der Waals surface area contributed by atoms with E-state index in [0.717, 1.165) is 31.2 Å². The molecule has 0 saturated carbocycles. The average molecular weight is 967 g/mol. The summed E-state index contributed by atoms with van der Waals surface area (Å²) in [7, 11) is -3.62. The number of sulfone groups is 2. The van der Waals surface area contributed by atoms with E-state index < -0.39 is 37.5 Å². The van der Waals surface area contributed by atoms with E-state index in [0.29, 0.717) is 91.1 Å². The van der Waals surface area contributed by atoms with Crippen molar-refractivity contribution in [2.45, 2.75) is 77.4 Å². The Hall–Kier alpha value is -6.54. The number of nitrogens with two attached hydrogens (primary N) is 1. The molecule has 6 aromatic rings. The summed E-state index contributed by atoms with van der Waals surface area (Å²) in [6, 6.07) is 27.1. The van der Waals surface area contributed by atoms with Crippen LogP contribution in [0.25, 0.3) is 0 Å². The molecule has 1 amide bonds. The van der Waals surface area contributed by atoms with Crippen LogP contribution in [-0.2, 0) is 52.8 Å². The van der Waals surface area contributed by atoms with E-state index in [4.69, 9.17) is 15.2 Å². The van der Waals surface area contributed by atoms with E-state index in [9.17, 15) is 31.5 Å². The number of hydrogen-bond donors (Lipinski definition) is 5. The standard InChI is InChI=1S/C24H26N4O4S.C20H21NO5S.C4H7N3.CH4/c1-28-11-8-23(27-28)26-24(29)18(14-16-9-12-32-13-10-16)17-6-7-22-20(15-17)25-19-4-2-3-5-21(19)33(22,30)31;22-20(23)15(11-13-7-9-26-10-8-13)14-5-6-19-17(12-14)21-16-3-1-2-4-18(16)27(19,24)25;1-7-3-2-4(5)6-7;/h2-8,11,15-16,18,25H,9-10,12-14H2,1H3,(H,26,27,29);1-6,12-13,15,21H,7-11H2,(H,22,23);2-3H,1H3,(H2,5,6);1H4. The third-order valence-electron chi connectivity index (χ3n) is 12.4. The van der Waals surface area contributed by atoms with Gasteiger partial charge in [0.2, 0.25) is 25.6 Å². The van der Waals surface area contributed by atoms with Crippen LogP contribution in [0.1, 0.15) is 68.9 Å². The first-order valence-corrected chi connectivity index (χ1v) is 25.1. The van der Waals surface area contributed by atoms with Gasteiger partial charge >= 0.3 is 5.97 Å². The first-order valence-electron chi connectivity index (χ1n) is 22.1. The summed E-state index contributed by atoms with van der Waals surface area (Å²) in [6.07, 6.45) is 8.27. The van der Waals surface area contributed by atoms with Gasteiger partial charge in [-0.1, -0.05) is 43.8 Å². The van der Waals surface area contributed by atoms with Gasteiger partial charge in [0.05, 0.1) is 54.2 Å². The molecule has 0 spiro atoms. The number of carboxylic acids is 1. The number of fused-ring (bicyclic) bond motifs is 4. The number of carbonyl (C=O) groups excluding carboxylic acids is 1. The third kappa shape index (κ3) is 11.1. The number of rotatable bonds is 9. The Morgan fingerprint density at radius 1 is 0.662 bits per heavy atom. The molecule has 68 heavy (non-hydrogen) atoms. The number of nitrogen functional groups attached to an aromatic ring is 1. The van der Waals surface area contributed by atoms with E-state index in [2.05, 4.69) is 26.1 Å². The van der Waals surface area contributed by atoms with E-state index in [-0.39, 0.29) is 32.9 Å². The SMILES string of the molecule is C.Cn1ccc(N)n1.Cn1ccc(NC(=O)C(CC2CCOCC2)c2ccc3c(c2)Nc2ccccc2S3(=O)=O)n1.O=C(O)C(CC1CCOCC1)c1ccc2c(c1)Nc1ccccc1S2(=O)=O. The second kappa shape index (κ2) is 21.2. The smallest absolute Gasteiger partial charge is 0.310 e. The maximum Gasteiger partial charge on any atom is 0.310 e. The lowest BCUT2D eigenvalue weighted by molar-refractivity contribution is -0.139. The molecule has 4 aromatic carbocycles. The molecule has 19 heteroatoms. The largest absolute Gasteiger partial charge is 0.481 e. The number of carboxylic acid groups (broad SMARTS) is 1. The molecule has 6 N–H and O–H groups in total. The van der Waals surface area contributed by atoms with Crippen LogP contribution < -0.4 is 21.7 Å². The number of amides is 1. The zero-order chi connectivity index (χ0) is 47.3. The van der Waals surface area contributed by atoms with Crippen molar-refractivity contribution < 1.29 is 41.0 Å². The molecule has 17 nitrogen and oxygen atoms in total. The van der Waals surface area contributed by atoms with Gasteiger partial charge in [0, 0.05) is 59.0 Å². The Morgan fingerprint density at radius 2 is 1.10 bits per heavy atom. The molecule has 4 aliphatic rings. The normalized spacial score (nSPS) is 17.4. The number of ether oxygens (including phenoxy) is 2. The summed E-state index contributed by atoms with van der Waals surface area (Å²) in [5, 5.41) is 27.1. The molecule has 2 saturated heterocycles. The molecule has 2 fully saturated rings. The first kappa shape index (κ1) is 49.4. The lowest BCUT2D eigenvalue weighted by Gasteiger charge is -2.27. The van der Waals surface area contributed by atoms with Gasteiger partial charge in [-0.25, -0.2) is 16.8 Å². The van der Waals surface area contributed by atoms with E-state index >= 15 is 0 Å². The van der Waals surface area contributed by atoms with Crippen molar-refractivity contribution in [2.24, 2.45) is 25.9 Å². The predicted octanol–water partition coefficient (Wildman–Crippen LogP) is 8.05. The molecular formula is C49H58N8O9S2. The summed E-state index contributed by atoms with van der Waals surface area (Å²) in [4.78, 5) is 26.2. The van der Waals surface area contributed by atoms with Crippen molar-refractivity contribution in [1.29, 1.82) is 0 Å². The Balaban J connectivity index is 0.000000176. The summed E-state index contributed by atoms with van der Waals surface area (Å²) in [5.41, 5.74) is 8.62. The number of aryl methyl sites for hydroxylation is 2. The van der Waals surface area contributed by atoms with E-state index in [1.165, 1.54) is 6.07 Å². The number of hydrogen-bond acceptors (Lipinski definition) is 13. The van der Waals surface area contributed by atoms with Crippen LogP contribution in [0.2, 0.25) is 0 Å². The van der Waals surface area contributed by atoms with Gasteiger partial charge in [0.15, 0.2) is 5.82 Å². The predicted molar refractivity (Wildman–Crippen MR) is 259 cm³/mol. The fourth-order valence-corrected chi connectivity index (χ4v) is 12.0. The average Bonchev–Trinajstić information content (AvgIpc) is 3.92. The number of aliphatic carboxylic acids is 1. The summed E-state index contributed by atoms with van der Waals surface area (Å²) >= 11 is 0. The van der Waals surface area contributed by atoms with Gasteiger partial charge in [-0.2, -0.15) is 10.2 Å². The Morgan fingerprint density at radius 3 is 1.53 bits per heavy atom. The third-order valence-corrected chi connectivity index (χ3v) is 16.2. The molecule has 10 rings (SSSR count). The van der Waals surface area contributed by atoms with Gasteiger partial charge in [-0.05, 0) is 116 Å². The van der Waals surface area contributed by atoms with Crippen molar-refractivity contribution in [2.75, 3.05) is 48.1 Å². The van der Waals surface area contributed by atoms with Gasteiger partial charge in [-0.15, -0.1) is 0 Å². The molecule has 0 radical (unpaired) electrons. The highest BCUT2D eigenvalue weighted by Gasteiger charge is 2.34. The molecule has 0 aliphatic carbocycles. The Labute approximate surface area is 396 Å². The fourth-order valence-electron chi connectivity index (χ4n) is 8.86. The highest BCUT2D eigenvalue weighted by Crippen LogP contribution is 2.43. The van der Waals surface area contributed by atoms with Crippen LogP contribution in [0.15, 0.2) is 129 Å². The van der Waals surface area contributed by atoms with Crippen LogP contribution in [0.3, 0.4) is 0 Å². The molecule has 2 unspecified atom stereocenters. The van der Waals surface area contributed by atoms with Gasteiger partial charge in [-0.3, -0.25) is 19.0 Å². The topological polar surface area (TPSA) is 239 Å². The van der Waals surface area contributed by atoms with Gasteiger partial charge in [0.1, 0.15) is 5.82 Å². The number of carbonyl (C=O) groups is 2. The van der Waals surface area contributed by atoms with E-state index in [1.54, 1.807) is 120 Å². The number of nitrogens with zero attached hydrogens (tertiary/aromatic N) is 4. The number of nitrogens with one attached hydrogen (secondary N) is 3. The van der Waals surface area contributed by atoms with Crippen molar-refractivity contribution in [3.63, 3.8) is 0 Å². The highest BCUT2D eigenvalue weighted by molar-refractivity contribution is 7.92. The molecule has 360 valence electrons. The first-order chi connectivity index (χ1) is 32.2. The lowest BCUT2D eigenvalue weighted by Crippen LogP contribution is -2.26. The van der Waals surface area contributed by atoms with Gasteiger partial charge < -0.3 is 36.3 Å². The molecule has 2 atom stereocenters. The molecule has 0 bridgehead atoms. The zero-order valence-electron chi connectivity index (χ0n) is 37.2. The Bertz CT molecular complexity index is 2960. The van der Waals surface area contributed by atoms with E-state index in [1.807, 2.05) is 7.05 Å². The second-order valence-corrected chi connectivity index (χ2v) is 20.8. The molecule has 2 aromatic heterocycles. The monoisotopic (exact) mass is 966 g/mol. The summed E-state index contributed by atoms with van der Waals surface area (Å²) in [6.45, 7) is 2.72. The minimum absolute atomic E-state index is 0. The number of para-hydroxylation sites is 2. The number of anilines is 6. The highest BCUT2D eigenvalue weighted by atomic mass is 32.2. The van der Waals surface area contributed by atoms with Crippen molar-refractivity contribution >= 4 is 65.9 Å². The Kier molecular flexibility index (Phi) is 15.4. The van der Waals surface area contributed by atoms with Gasteiger partial charge in [0.25, 0.3) is 0 Å². The quantitative estimate of drug-likeness (QED) is 0.0920. The lowest BCUT2D eigenvalue weighted by atomic mass is 9.84. The van der Waals surface area contributed by atoms with Crippen LogP contribution in [-0.4, -0.2) is 79.8 Å². The van der Waals surface area contributed by atoms with Crippen LogP contribution in [0.5, 0.6) is 0 Å². The molecule has 6 heterocycles. The summed E-state index contributed by atoms with van der Waals surface area (Å²) < 4.78 is 66.1. The maximum absolute atomic E-state index is 13.4. The minimum Gasteiger partial charge on any atom is -0.481 e. The van der Waals surface area contributed by atoms with Crippen molar-refractivity contribution in [3.05, 3.63) is 121 Å². The van der Waals surface area contributed by atoms with Crippen molar-refractivity contribution in [3.8, 4) is 0 Å². The number of aromatic nitrogens is 4. The number of benzene rings is 4.